The Balaban J connectivity index is 2.25. The van der Waals surface area contributed by atoms with Crippen molar-refractivity contribution in [2.75, 3.05) is 5.32 Å². The number of nitro benzene ring substituents is 1. The van der Waals surface area contributed by atoms with Gasteiger partial charge in [0.1, 0.15) is 11.1 Å². The number of nitro groups is 1. The Bertz CT molecular complexity index is 926. The molecule has 0 radical (unpaired) electrons. The predicted molar refractivity (Wildman–Crippen MR) is 89.5 cm³/mol. The molecule has 0 saturated heterocycles. The summed E-state index contributed by atoms with van der Waals surface area (Å²) >= 11 is 0. The molecule has 0 aliphatic heterocycles. The van der Waals surface area contributed by atoms with Gasteiger partial charge in [0.05, 0.1) is 9.82 Å². The van der Waals surface area contributed by atoms with E-state index in [1.807, 2.05) is 0 Å². The molecule has 0 bridgehead atoms. The van der Waals surface area contributed by atoms with E-state index < -0.39 is 31.7 Å². The van der Waals surface area contributed by atoms with Crippen molar-refractivity contribution in [2.24, 2.45) is 0 Å². The third kappa shape index (κ3) is 4.00. The summed E-state index contributed by atoms with van der Waals surface area (Å²) in [5.74, 6) is -1.39. The number of benzene rings is 2. The van der Waals surface area contributed by atoms with Crippen molar-refractivity contribution in [2.45, 2.75) is 24.0 Å². The molecule has 0 aliphatic carbocycles. The highest BCUT2D eigenvalue weighted by molar-refractivity contribution is 7.92. The van der Waals surface area contributed by atoms with Gasteiger partial charge in [0.25, 0.3) is 5.69 Å². The lowest BCUT2D eigenvalue weighted by Gasteiger charge is -2.14. The molecule has 132 valence electrons. The molecule has 0 unspecified atom stereocenters. The lowest BCUT2D eigenvalue weighted by Crippen LogP contribution is -2.32. The maximum absolute atomic E-state index is 13.3. The zero-order chi connectivity index (χ0) is 18.8. The first-order valence-electron chi connectivity index (χ1n) is 7.18. The van der Waals surface area contributed by atoms with Crippen molar-refractivity contribution in [3.8, 4) is 0 Å². The number of halogens is 1. The fourth-order valence-electron chi connectivity index (χ4n) is 2.07. The molecule has 0 saturated carbocycles. The number of sulfone groups is 1. The van der Waals surface area contributed by atoms with Crippen LogP contribution >= 0.6 is 0 Å². The standard InChI is InChI=1S/C16H15FN2O5S/c1-10-3-4-12(17)9-15(10)18-16(20)11(2)25(23,24)14-7-5-13(6-8-14)19(21)22/h3-9,11H,1-2H3,(H,18,20)/t11-/m0/s1. The summed E-state index contributed by atoms with van der Waals surface area (Å²) in [4.78, 5) is 22.0. The smallest absolute Gasteiger partial charge is 0.269 e. The lowest BCUT2D eigenvalue weighted by molar-refractivity contribution is -0.384. The predicted octanol–water partition coefficient (Wildman–Crippen LogP) is 2.84. The number of carbonyl (C=O) groups excluding carboxylic acids is 1. The molecule has 2 rings (SSSR count). The minimum atomic E-state index is -4.05. The Morgan fingerprint density at radius 3 is 2.36 bits per heavy atom. The van der Waals surface area contributed by atoms with Crippen molar-refractivity contribution < 1.29 is 22.5 Å². The van der Waals surface area contributed by atoms with Crippen LogP contribution in [0.3, 0.4) is 0 Å². The van der Waals surface area contributed by atoms with E-state index in [-0.39, 0.29) is 16.3 Å². The van der Waals surface area contributed by atoms with E-state index in [0.717, 1.165) is 30.3 Å². The molecule has 0 fully saturated rings. The number of carbonyl (C=O) groups is 1. The zero-order valence-electron chi connectivity index (χ0n) is 13.4. The second-order valence-electron chi connectivity index (χ2n) is 5.39. The molecule has 0 spiro atoms. The van der Waals surface area contributed by atoms with E-state index in [1.165, 1.54) is 19.1 Å². The summed E-state index contributed by atoms with van der Waals surface area (Å²) in [6.45, 7) is 2.84. The molecule has 1 amide bonds. The van der Waals surface area contributed by atoms with Crippen molar-refractivity contribution >= 4 is 27.1 Å². The van der Waals surface area contributed by atoms with Crippen molar-refractivity contribution in [3.63, 3.8) is 0 Å². The van der Waals surface area contributed by atoms with Gasteiger partial charge >= 0.3 is 0 Å². The largest absolute Gasteiger partial charge is 0.325 e. The molecule has 0 aromatic heterocycles. The number of amides is 1. The van der Waals surface area contributed by atoms with Crippen LogP contribution in [-0.2, 0) is 14.6 Å². The van der Waals surface area contributed by atoms with Gasteiger partial charge in [-0.15, -0.1) is 0 Å². The molecule has 0 aliphatic rings. The van der Waals surface area contributed by atoms with Crippen LogP contribution in [0.15, 0.2) is 47.4 Å². The summed E-state index contributed by atoms with van der Waals surface area (Å²) < 4.78 is 38.3. The lowest BCUT2D eigenvalue weighted by atomic mass is 10.2. The molecular weight excluding hydrogens is 351 g/mol. The Labute approximate surface area is 143 Å². The molecule has 25 heavy (non-hydrogen) atoms. The summed E-state index contributed by atoms with van der Waals surface area (Å²) in [5.41, 5.74) is 0.497. The minimum absolute atomic E-state index is 0.177. The summed E-state index contributed by atoms with van der Waals surface area (Å²) in [6.07, 6.45) is 0. The molecule has 9 heteroatoms. The number of non-ortho nitro benzene ring substituents is 1. The van der Waals surface area contributed by atoms with E-state index in [4.69, 9.17) is 0 Å². The first-order chi connectivity index (χ1) is 11.6. The van der Waals surface area contributed by atoms with Crippen molar-refractivity contribution in [1.29, 1.82) is 0 Å². The van der Waals surface area contributed by atoms with Crippen LogP contribution in [-0.4, -0.2) is 24.5 Å². The van der Waals surface area contributed by atoms with Gasteiger partial charge in [-0.05, 0) is 43.7 Å². The quantitative estimate of drug-likeness (QED) is 0.647. The maximum Gasteiger partial charge on any atom is 0.269 e. The molecular formula is C16H15FN2O5S. The fraction of sp³-hybridized carbons (Fsp3) is 0.188. The van der Waals surface area contributed by atoms with Crippen LogP contribution in [0.4, 0.5) is 15.8 Å². The zero-order valence-corrected chi connectivity index (χ0v) is 14.2. The fourth-order valence-corrected chi connectivity index (χ4v) is 3.33. The van der Waals surface area contributed by atoms with Gasteiger partial charge in [0.15, 0.2) is 9.84 Å². The molecule has 2 aromatic carbocycles. The van der Waals surface area contributed by atoms with Gasteiger partial charge in [-0.25, -0.2) is 12.8 Å². The van der Waals surface area contributed by atoms with E-state index in [2.05, 4.69) is 5.32 Å². The third-order valence-electron chi connectivity index (χ3n) is 3.67. The normalized spacial score (nSPS) is 12.4. The molecule has 2 aromatic rings. The van der Waals surface area contributed by atoms with Crippen LogP contribution in [0.25, 0.3) is 0 Å². The van der Waals surface area contributed by atoms with Gasteiger partial charge in [-0.3, -0.25) is 14.9 Å². The maximum atomic E-state index is 13.3. The van der Waals surface area contributed by atoms with Crippen LogP contribution in [0, 0.1) is 22.9 Å². The number of hydrogen-bond donors (Lipinski definition) is 1. The van der Waals surface area contributed by atoms with Crippen LogP contribution < -0.4 is 5.32 Å². The Hall–Kier alpha value is -2.81. The summed E-state index contributed by atoms with van der Waals surface area (Å²) in [6, 6.07) is 8.03. The van der Waals surface area contributed by atoms with Gasteiger partial charge in [-0.2, -0.15) is 0 Å². The Kier molecular flexibility index (Phi) is 5.17. The highest BCUT2D eigenvalue weighted by Crippen LogP contribution is 2.22. The number of hydrogen-bond acceptors (Lipinski definition) is 5. The van der Waals surface area contributed by atoms with E-state index in [1.54, 1.807) is 6.92 Å². The molecule has 7 nitrogen and oxygen atoms in total. The summed E-state index contributed by atoms with van der Waals surface area (Å²) in [7, 11) is -4.05. The molecule has 0 heterocycles. The Morgan fingerprint density at radius 1 is 1.20 bits per heavy atom. The van der Waals surface area contributed by atoms with Gasteiger partial charge in [-0.1, -0.05) is 6.07 Å². The minimum Gasteiger partial charge on any atom is -0.325 e. The van der Waals surface area contributed by atoms with Gasteiger partial charge in [0, 0.05) is 17.8 Å². The van der Waals surface area contributed by atoms with E-state index >= 15 is 0 Å². The number of nitrogens with one attached hydrogen (secondary N) is 1. The SMILES string of the molecule is Cc1ccc(F)cc1NC(=O)[C@H](C)S(=O)(=O)c1ccc([N+](=O)[O-])cc1. The van der Waals surface area contributed by atoms with Crippen LogP contribution in [0.5, 0.6) is 0 Å². The first kappa shape index (κ1) is 18.5. The molecule has 1 atom stereocenters. The van der Waals surface area contributed by atoms with Crippen LogP contribution in [0.1, 0.15) is 12.5 Å². The number of aryl methyl sites for hydroxylation is 1. The van der Waals surface area contributed by atoms with Crippen LogP contribution in [0.2, 0.25) is 0 Å². The third-order valence-corrected chi connectivity index (χ3v) is 5.74. The Morgan fingerprint density at radius 2 is 1.80 bits per heavy atom. The topological polar surface area (TPSA) is 106 Å². The highest BCUT2D eigenvalue weighted by atomic mass is 32.2. The van der Waals surface area contributed by atoms with Crippen molar-refractivity contribution in [1.82, 2.24) is 0 Å². The van der Waals surface area contributed by atoms with E-state index in [9.17, 15) is 27.7 Å². The average molecular weight is 366 g/mol. The second-order valence-corrected chi connectivity index (χ2v) is 7.66. The monoisotopic (exact) mass is 366 g/mol. The average Bonchev–Trinajstić information content (AvgIpc) is 2.57. The summed E-state index contributed by atoms with van der Waals surface area (Å²) in [5, 5.41) is 11.6. The van der Waals surface area contributed by atoms with Gasteiger partial charge < -0.3 is 5.32 Å². The highest BCUT2D eigenvalue weighted by Gasteiger charge is 2.30. The molecule has 1 N–H and O–H groups in total. The first-order valence-corrected chi connectivity index (χ1v) is 8.73. The van der Waals surface area contributed by atoms with Gasteiger partial charge in [0.2, 0.25) is 5.91 Å². The van der Waals surface area contributed by atoms with E-state index in [0.29, 0.717) is 5.56 Å². The van der Waals surface area contributed by atoms with Crippen molar-refractivity contribution in [3.05, 3.63) is 64.0 Å². The number of rotatable bonds is 5. The second kappa shape index (κ2) is 6.98. The number of nitrogens with zero attached hydrogens (tertiary/aromatic N) is 1. The number of anilines is 1.